The Kier molecular flexibility index (Phi) is 3.98. The Morgan fingerprint density at radius 3 is 2.57 bits per heavy atom. The monoisotopic (exact) mass is 305 g/mol. The van der Waals surface area contributed by atoms with Crippen molar-refractivity contribution in [1.82, 2.24) is 9.55 Å². The molecule has 1 aromatic carbocycles. The topological polar surface area (TPSA) is 58.7 Å². The largest absolute Gasteiger partial charge is 0.321 e. The van der Waals surface area contributed by atoms with E-state index in [1.807, 2.05) is 6.07 Å². The van der Waals surface area contributed by atoms with Gasteiger partial charge in [0.05, 0.1) is 17.5 Å². The van der Waals surface area contributed by atoms with Crippen LogP contribution in [0.1, 0.15) is 22.0 Å². The lowest BCUT2D eigenvalue weighted by molar-refractivity contribution is 0.0977. The van der Waals surface area contributed by atoms with Crippen LogP contribution in [0, 0.1) is 17.1 Å². The smallest absolute Gasteiger partial charge is 0.186 e. The van der Waals surface area contributed by atoms with E-state index in [2.05, 4.69) is 4.98 Å². The number of hydrogen-bond donors (Lipinski definition) is 0. The van der Waals surface area contributed by atoms with Gasteiger partial charge in [0.25, 0.3) is 0 Å². The van der Waals surface area contributed by atoms with Gasteiger partial charge in [-0.05, 0) is 42.5 Å². The number of aromatic nitrogens is 2. The molecule has 0 spiro atoms. The molecule has 0 bridgehead atoms. The standard InChI is InChI=1S/C18H12FN3O/c19-15-11-13(6-7-17(15)22-9-3-4-10-22)18(23)14(12-20)16-5-1-2-8-21-16/h1-11,14H. The van der Waals surface area contributed by atoms with Crippen molar-refractivity contribution < 1.29 is 9.18 Å². The molecule has 0 aliphatic carbocycles. The van der Waals surface area contributed by atoms with E-state index in [1.165, 1.54) is 18.3 Å². The molecule has 0 radical (unpaired) electrons. The van der Waals surface area contributed by atoms with Gasteiger partial charge >= 0.3 is 0 Å². The maximum Gasteiger partial charge on any atom is 0.186 e. The van der Waals surface area contributed by atoms with E-state index in [9.17, 15) is 14.4 Å². The molecule has 0 aliphatic heterocycles. The molecule has 3 aromatic rings. The van der Waals surface area contributed by atoms with Gasteiger partial charge in [-0.3, -0.25) is 9.78 Å². The summed E-state index contributed by atoms with van der Waals surface area (Å²) < 4.78 is 15.9. The Labute approximate surface area is 132 Å². The summed E-state index contributed by atoms with van der Waals surface area (Å²) >= 11 is 0. The van der Waals surface area contributed by atoms with Crippen molar-refractivity contribution in [3.63, 3.8) is 0 Å². The predicted octanol–water partition coefficient (Wildman–Crippen LogP) is 3.50. The fourth-order valence-corrected chi connectivity index (χ4v) is 2.34. The first-order valence-corrected chi connectivity index (χ1v) is 6.98. The van der Waals surface area contributed by atoms with Crippen molar-refractivity contribution in [1.29, 1.82) is 5.26 Å². The molecule has 0 saturated carbocycles. The van der Waals surface area contributed by atoms with Crippen LogP contribution >= 0.6 is 0 Å². The SMILES string of the molecule is N#CC(C(=O)c1ccc(-n2cccc2)c(F)c1)c1ccccn1. The van der Waals surface area contributed by atoms with Crippen LogP contribution in [-0.4, -0.2) is 15.3 Å². The van der Waals surface area contributed by atoms with Gasteiger partial charge in [0.1, 0.15) is 5.82 Å². The second-order valence-electron chi connectivity index (χ2n) is 4.94. The third-order valence-corrected chi connectivity index (χ3v) is 3.49. The van der Waals surface area contributed by atoms with Crippen molar-refractivity contribution in [3.05, 3.63) is 84.2 Å². The zero-order chi connectivity index (χ0) is 16.2. The van der Waals surface area contributed by atoms with Crippen LogP contribution < -0.4 is 0 Å². The Morgan fingerprint density at radius 1 is 1.17 bits per heavy atom. The van der Waals surface area contributed by atoms with Gasteiger partial charge in [0.15, 0.2) is 11.7 Å². The minimum atomic E-state index is -1.05. The van der Waals surface area contributed by atoms with Crippen LogP contribution in [0.4, 0.5) is 4.39 Å². The zero-order valence-electron chi connectivity index (χ0n) is 12.1. The summed E-state index contributed by atoms with van der Waals surface area (Å²) in [5, 5.41) is 9.28. The maximum atomic E-state index is 14.3. The first-order chi connectivity index (χ1) is 11.2. The molecule has 2 heterocycles. The second-order valence-corrected chi connectivity index (χ2v) is 4.94. The van der Waals surface area contributed by atoms with Crippen molar-refractivity contribution in [2.75, 3.05) is 0 Å². The van der Waals surface area contributed by atoms with Crippen molar-refractivity contribution in [3.8, 4) is 11.8 Å². The van der Waals surface area contributed by atoms with Crippen molar-refractivity contribution in [2.24, 2.45) is 0 Å². The zero-order valence-corrected chi connectivity index (χ0v) is 12.1. The lowest BCUT2D eigenvalue weighted by Gasteiger charge is -2.10. The van der Waals surface area contributed by atoms with Crippen LogP contribution in [0.2, 0.25) is 0 Å². The number of Topliss-reactive ketones (excluding diaryl/α,β-unsaturated/α-hetero) is 1. The maximum absolute atomic E-state index is 14.3. The molecule has 112 valence electrons. The number of nitriles is 1. The van der Waals surface area contributed by atoms with E-state index in [-0.39, 0.29) is 5.56 Å². The van der Waals surface area contributed by atoms with Gasteiger partial charge in [-0.15, -0.1) is 0 Å². The number of ketones is 1. The summed E-state index contributed by atoms with van der Waals surface area (Å²) in [6.07, 6.45) is 4.94. The third-order valence-electron chi connectivity index (χ3n) is 3.49. The van der Waals surface area contributed by atoms with Crippen molar-refractivity contribution in [2.45, 2.75) is 5.92 Å². The number of halogens is 1. The Morgan fingerprint density at radius 2 is 1.96 bits per heavy atom. The first-order valence-electron chi connectivity index (χ1n) is 6.98. The summed E-state index contributed by atoms with van der Waals surface area (Å²) in [6.45, 7) is 0. The van der Waals surface area contributed by atoms with Gasteiger partial charge in [0.2, 0.25) is 0 Å². The van der Waals surface area contributed by atoms with Gasteiger partial charge in [-0.25, -0.2) is 4.39 Å². The third kappa shape index (κ3) is 2.87. The van der Waals surface area contributed by atoms with Crippen molar-refractivity contribution >= 4 is 5.78 Å². The van der Waals surface area contributed by atoms with Crippen LogP contribution in [0.15, 0.2) is 67.1 Å². The second kappa shape index (κ2) is 6.24. The first kappa shape index (κ1) is 14.7. The molecule has 3 rings (SSSR count). The molecule has 0 N–H and O–H groups in total. The Balaban J connectivity index is 1.94. The molecular formula is C18H12FN3O. The number of benzene rings is 1. The Bertz CT molecular complexity index is 867. The fourth-order valence-electron chi connectivity index (χ4n) is 2.34. The lowest BCUT2D eigenvalue weighted by atomic mass is 9.95. The average Bonchev–Trinajstić information content (AvgIpc) is 3.10. The highest BCUT2D eigenvalue weighted by Gasteiger charge is 2.23. The molecule has 0 amide bonds. The van der Waals surface area contributed by atoms with Gasteiger partial charge in [-0.2, -0.15) is 5.26 Å². The number of nitrogens with zero attached hydrogens (tertiary/aromatic N) is 3. The lowest BCUT2D eigenvalue weighted by Crippen LogP contribution is -2.13. The molecule has 4 nitrogen and oxygen atoms in total. The Hall–Kier alpha value is -3.26. The summed E-state index contributed by atoms with van der Waals surface area (Å²) in [7, 11) is 0. The normalized spacial score (nSPS) is 11.7. The summed E-state index contributed by atoms with van der Waals surface area (Å²) in [5.74, 6) is -2.04. The molecule has 0 aliphatic rings. The molecule has 1 unspecified atom stereocenters. The molecule has 2 aromatic heterocycles. The van der Waals surface area contributed by atoms with Gasteiger partial charge < -0.3 is 4.57 Å². The quantitative estimate of drug-likeness (QED) is 0.693. The minimum Gasteiger partial charge on any atom is -0.321 e. The number of carbonyl (C=O) groups is 1. The molecule has 0 saturated heterocycles. The minimum absolute atomic E-state index is 0.149. The molecule has 0 fully saturated rings. The van der Waals surface area contributed by atoms with Crippen LogP contribution in [-0.2, 0) is 0 Å². The average molecular weight is 305 g/mol. The van der Waals surface area contributed by atoms with E-state index in [0.717, 1.165) is 6.07 Å². The summed E-state index contributed by atoms with van der Waals surface area (Å²) in [4.78, 5) is 16.5. The van der Waals surface area contributed by atoms with E-state index in [0.29, 0.717) is 11.4 Å². The van der Waals surface area contributed by atoms with Gasteiger partial charge in [-0.1, -0.05) is 6.07 Å². The van der Waals surface area contributed by atoms with Crippen LogP contribution in [0.3, 0.4) is 0 Å². The molecule has 1 atom stereocenters. The highest BCUT2D eigenvalue weighted by Crippen LogP contribution is 2.21. The molecular weight excluding hydrogens is 293 g/mol. The highest BCUT2D eigenvalue weighted by molar-refractivity contribution is 6.02. The number of pyridine rings is 1. The van der Waals surface area contributed by atoms with E-state index < -0.39 is 17.5 Å². The molecule has 5 heteroatoms. The number of rotatable bonds is 4. The predicted molar refractivity (Wildman–Crippen MR) is 82.6 cm³/mol. The van der Waals surface area contributed by atoms with Crippen LogP contribution in [0.25, 0.3) is 5.69 Å². The fraction of sp³-hybridized carbons (Fsp3) is 0.0556. The van der Waals surface area contributed by atoms with Gasteiger partial charge in [0, 0.05) is 24.2 Å². The van der Waals surface area contributed by atoms with E-state index in [1.54, 1.807) is 47.3 Å². The van der Waals surface area contributed by atoms with E-state index >= 15 is 0 Å². The highest BCUT2D eigenvalue weighted by atomic mass is 19.1. The number of carbonyl (C=O) groups excluding carboxylic acids is 1. The number of hydrogen-bond acceptors (Lipinski definition) is 3. The molecule has 23 heavy (non-hydrogen) atoms. The van der Waals surface area contributed by atoms with E-state index in [4.69, 9.17) is 0 Å². The summed E-state index contributed by atoms with van der Waals surface area (Å²) in [5.41, 5.74) is 0.850. The summed E-state index contributed by atoms with van der Waals surface area (Å²) in [6, 6.07) is 14.7. The van der Waals surface area contributed by atoms with Crippen LogP contribution in [0.5, 0.6) is 0 Å².